The normalized spacial score (nSPS) is 15.4. The summed E-state index contributed by atoms with van der Waals surface area (Å²) in [5.74, 6) is 0.895. The first-order chi connectivity index (χ1) is 8.75. The van der Waals surface area contributed by atoms with E-state index in [1.54, 1.807) is 0 Å². The lowest BCUT2D eigenvalue weighted by Crippen LogP contribution is -2.29. The number of hydrogen-bond acceptors (Lipinski definition) is 2. The Morgan fingerprint density at radius 1 is 0.895 bits per heavy atom. The molecule has 0 aliphatic heterocycles. The van der Waals surface area contributed by atoms with Crippen molar-refractivity contribution in [3.05, 3.63) is 54.6 Å². The fourth-order valence-electron chi connectivity index (χ4n) is 1.91. The second-order valence-electron chi connectivity index (χ2n) is 5.04. The van der Waals surface area contributed by atoms with E-state index in [0.717, 1.165) is 18.6 Å². The van der Waals surface area contributed by atoms with Crippen LogP contribution in [0.25, 0.3) is 11.1 Å². The summed E-state index contributed by atoms with van der Waals surface area (Å²) < 4.78 is 5.70. The summed E-state index contributed by atoms with van der Waals surface area (Å²) in [7, 11) is 0. The minimum Gasteiger partial charge on any atom is -0.492 e. The highest BCUT2D eigenvalue weighted by Crippen LogP contribution is 2.32. The Kier molecular flexibility index (Phi) is 4.13. The van der Waals surface area contributed by atoms with Gasteiger partial charge in [0.05, 0.1) is 5.54 Å². The predicted molar refractivity (Wildman–Crippen MR) is 80.8 cm³/mol. The zero-order valence-corrected chi connectivity index (χ0v) is 11.5. The maximum Gasteiger partial charge on any atom is 0.119 e. The molecule has 1 saturated carbocycles. The van der Waals surface area contributed by atoms with Gasteiger partial charge in [-0.25, -0.2) is 0 Å². The third-order valence-corrected chi connectivity index (χ3v) is 3.38. The average Bonchev–Trinajstić information content (AvgIpc) is 3.17. The Morgan fingerprint density at radius 2 is 1.47 bits per heavy atom. The van der Waals surface area contributed by atoms with Crippen molar-refractivity contribution in [2.75, 3.05) is 6.61 Å². The van der Waals surface area contributed by atoms with Gasteiger partial charge in [-0.1, -0.05) is 42.5 Å². The van der Waals surface area contributed by atoms with E-state index in [1.165, 1.54) is 11.1 Å². The van der Waals surface area contributed by atoms with E-state index in [9.17, 15) is 0 Å². The van der Waals surface area contributed by atoms with Gasteiger partial charge in [0.1, 0.15) is 12.4 Å². The van der Waals surface area contributed by atoms with Gasteiger partial charge in [-0.05, 0) is 36.1 Å². The summed E-state index contributed by atoms with van der Waals surface area (Å²) in [6.45, 7) is 0.623. The molecule has 0 spiro atoms. The topological polar surface area (TPSA) is 35.2 Å². The lowest BCUT2D eigenvalue weighted by atomic mass is 10.1. The third kappa shape index (κ3) is 3.49. The first-order valence-corrected chi connectivity index (χ1v) is 6.32. The molecule has 2 aromatic rings. The van der Waals surface area contributed by atoms with Crippen LogP contribution in [0.4, 0.5) is 0 Å². The maximum absolute atomic E-state index is 5.99. The van der Waals surface area contributed by atoms with Crippen LogP contribution in [0.3, 0.4) is 0 Å². The Balaban J connectivity index is 0.00000133. The van der Waals surface area contributed by atoms with Crippen molar-refractivity contribution < 1.29 is 4.74 Å². The van der Waals surface area contributed by atoms with Crippen LogP contribution in [0, 0.1) is 0 Å². The number of hydrogen-bond donors (Lipinski definition) is 1. The summed E-state index contributed by atoms with van der Waals surface area (Å²) in [5, 5.41) is 0. The van der Waals surface area contributed by atoms with Crippen LogP contribution in [-0.2, 0) is 0 Å². The highest BCUT2D eigenvalue weighted by atomic mass is 35.5. The van der Waals surface area contributed by atoms with Crippen molar-refractivity contribution in [1.29, 1.82) is 0 Å². The summed E-state index contributed by atoms with van der Waals surface area (Å²) >= 11 is 0. The van der Waals surface area contributed by atoms with Crippen molar-refractivity contribution in [2.45, 2.75) is 18.4 Å². The maximum atomic E-state index is 5.99. The first kappa shape index (κ1) is 13.9. The minimum absolute atomic E-state index is 0. The molecule has 0 heterocycles. The Hall–Kier alpha value is -1.51. The fraction of sp³-hybridized carbons (Fsp3) is 0.250. The number of benzene rings is 2. The number of halogens is 1. The van der Waals surface area contributed by atoms with Crippen LogP contribution in [0.5, 0.6) is 5.75 Å². The molecule has 3 heteroatoms. The molecule has 19 heavy (non-hydrogen) atoms. The van der Waals surface area contributed by atoms with E-state index in [1.807, 2.05) is 30.3 Å². The van der Waals surface area contributed by atoms with Crippen LogP contribution in [0.15, 0.2) is 54.6 Å². The summed E-state index contributed by atoms with van der Waals surface area (Å²) in [6.07, 6.45) is 2.16. The average molecular weight is 276 g/mol. The van der Waals surface area contributed by atoms with Crippen LogP contribution in [-0.4, -0.2) is 12.1 Å². The molecule has 2 nitrogen and oxygen atoms in total. The van der Waals surface area contributed by atoms with E-state index in [4.69, 9.17) is 10.5 Å². The number of ether oxygens (including phenoxy) is 1. The Labute approximate surface area is 120 Å². The van der Waals surface area contributed by atoms with Gasteiger partial charge in [-0.15, -0.1) is 12.4 Å². The molecule has 0 radical (unpaired) electrons. The Morgan fingerprint density at radius 3 is 2.05 bits per heavy atom. The second kappa shape index (κ2) is 5.64. The van der Waals surface area contributed by atoms with Crippen molar-refractivity contribution in [1.82, 2.24) is 0 Å². The van der Waals surface area contributed by atoms with Crippen LogP contribution < -0.4 is 10.5 Å². The molecule has 2 N–H and O–H groups in total. The Bertz CT molecular complexity index is 520. The molecule has 100 valence electrons. The van der Waals surface area contributed by atoms with E-state index in [2.05, 4.69) is 24.3 Å². The van der Waals surface area contributed by atoms with Crippen LogP contribution in [0.1, 0.15) is 12.8 Å². The third-order valence-electron chi connectivity index (χ3n) is 3.38. The highest BCUT2D eigenvalue weighted by molar-refractivity contribution is 5.85. The molecule has 2 aromatic carbocycles. The quantitative estimate of drug-likeness (QED) is 0.924. The van der Waals surface area contributed by atoms with E-state index >= 15 is 0 Å². The molecular weight excluding hydrogens is 258 g/mol. The molecule has 0 saturated heterocycles. The first-order valence-electron chi connectivity index (χ1n) is 6.32. The molecule has 0 bridgehead atoms. The fourth-order valence-corrected chi connectivity index (χ4v) is 1.91. The van der Waals surface area contributed by atoms with Crippen molar-refractivity contribution in [3.8, 4) is 16.9 Å². The summed E-state index contributed by atoms with van der Waals surface area (Å²) in [4.78, 5) is 0. The molecule has 0 atom stereocenters. The molecule has 3 rings (SSSR count). The smallest absolute Gasteiger partial charge is 0.119 e. The molecule has 1 aliphatic carbocycles. The standard InChI is InChI=1S/C16H17NO.ClH/c17-16(10-11-16)12-18-15-8-6-14(7-9-15)13-4-2-1-3-5-13;/h1-9H,10-12,17H2;1H. The predicted octanol–water partition coefficient (Wildman–Crippen LogP) is 3.65. The number of rotatable bonds is 4. The zero-order chi connectivity index (χ0) is 12.4. The van der Waals surface area contributed by atoms with Crippen molar-refractivity contribution in [3.63, 3.8) is 0 Å². The van der Waals surface area contributed by atoms with Crippen molar-refractivity contribution >= 4 is 12.4 Å². The molecule has 1 aliphatic rings. The molecule has 0 unspecified atom stereocenters. The van der Waals surface area contributed by atoms with Crippen LogP contribution >= 0.6 is 12.4 Å². The molecule has 1 fully saturated rings. The summed E-state index contributed by atoms with van der Waals surface area (Å²) in [6, 6.07) is 18.5. The SMILES string of the molecule is Cl.NC1(COc2ccc(-c3ccccc3)cc2)CC1. The van der Waals surface area contributed by atoms with Gasteiger partial charge >= 0.3 is 0 Å². The lowest BCUT2D eigenvalue weighted by Gasteiger charge is -2.11. The van der Waals surface area contributed by atoms with Gasteiger partial charge in [-0.2, -0.15) is 0 Å². The molecular formula is C16H18ClNO. The highest BCUT2D eigenvalue weighted by Gasteiger charge is 2.39. The zero-order valence-electron chi connectivity index (χ0n) is 10.7. The van der Waals surface area contributed by atoms with Gasteiger partial charge in [0.15, 0.2) is 0 Å². The second-order valence-corrected chi connectivity index (χ2v) is 5.04. The molecule has 0 amide bonds. The minimum atomic E-state index is -0.0574. The van der Waals surface area contributed by atoms with Gasteiger partial charge < -0.3 is 10.5 Å². The van der Waals surface area contributed by atoms with Crippen molar-refractivity contribution in [2.24, 2.45) is 5.73 Å². The largest absolute Gasteiger partial charge is 0.492 e. The lowest BCUT2D eigenvalue weighted by molar-refractivity contribution is 0.279. The van der Waals surface area contributed by atoms with Gasteiger partial charge in [0.25, 0.3) is 0 Å². The van der Waals surface area contributed by atoms with E-state index < -0.39 is 0 Å². The number of nitrogens with two attached hydrogens (primary N) is 1. The van der Waals surface area contributed by atoms with Gasteiger partial charge in [0, 0.05) is 0 Å². The van der Waals surface area contributed by atoms with E-state index in [0.29, 0.717) is 6.61 Å². The van der Waals surface area contributed by atoms with E-state index in [-0.39, 0.29) is 17.9 Å². The van der Waals surface area contributed by atoms with Gasteiger partial charge in [-0.3, -0.25) is 0 Å². The molecule has 0 aromatic heterocycles. The van der Waals surface area contributed by atoms with Gasteiger partial charge in [0.2, 0.25) is 0 Å². The van der Waals surface area contributed by atoms with Crippen LogP contribution in [0.2, 0.25) is 0 Å². The monoisotopic (exact) mass is 275 g/mol. The summed E-state index contributed by atoms with van der Waals surface area (Å²) in [5.41, 5.74) is 8.36.